The van der Waals surface area contributed by atoms with Gasteiger partial charge in [0.05, 0.1) is 18.4 Å². The summed E-state index contributed by atoms with van der Waals surface area (Å²) >= 11 is 0. The Bertz CT molecular complexity index is 417. The Morgan fingerprint density at radius 1 is 1.33 bits per heavy atom. The van der Waals surface area contributed by atoms with Gasteiger partial charge in [0.2, 0.25) is 0 Å². The molecule has 0 spiro atoms. The lowest BCUT2D eigenvalue weighted by Crippen LogP contribution is -2.36. The van der Waals surface area contributed by atoms with Crippen LogP contribution in [-0.2, 0) is 5.60 Å². The molecule has 1 aliphatic carbocycles. The van der Waals surface area contributed by atoms with Crippen molar-refractivity contribution in [3.8, 4) is 5.75 Å². The van der Waals surface area contributed by atoms with E-state index < -0.39 is 5.60 Å². The SMILES string of the molecule is CCOc1cncc(C2(O)CCCC(C)(C)C2)c1. The first-order valence-electron chi connectivity index (χ1n) is 6.76. The second kappa shape index (κ2) is 4.88. The summed E-state index contributed by atoms with van der Waals surface area (Å²) in [5.74, 6) is 0.742. The van der Waals surface area contributed by atoms with Crippen LogP contribution in [0.4, 0.5) is 0 Å². The van der Waals surface area contributed by atoms with Crippen molar-refractivity contribution < 1.29 is 9.84 Å². The van der Waals surface area contributed by atoms with E-state index in [1.54, 1.807) is 12.4 Å². The summed E-state index contributed by atoms with van der Waals surface area (Å²) in [7, 11) is 0. The molecule has 1 unspecified atom stereocenters. The van der Waals surface area contributed by atoms with E-state index in [0.717, 1.165) is 30.6 Å². The van der Waals surface area contributed by atoms with Gasteiger partial charge in [-0.2, -0.15) is 0 Å². The van der Waals surface area contributed by atoms with Crippen LogP contribution in [0.2, 0.25) is 0 Å². The maximum atomic E-state index is 10.9. The van der Waals surface area contributed by atoms with E-state index in [1.807, 2.05) is 13.0 Å². The summed E-state index contributed by atoms with van der Waals surface area (Å²) in [5, 5.41) is 10.9. The fourth-order valence-electron chi connectivity index (χ4n) is 2.99. The molecule has 0 aromatic carbocycles. The molecule has 0 saturated heterocycles. The lowest BCUT2D eigenvalue weighted by molar-refractivity contribution is -0.0444. The van der Waals surface area contributed by atoms with Crippen molar-refractivity contribution in [2.75, 3.05) is 6.61 Å². The molecule has 0 amide bonds. The molecular formula is C15H23NO2. The van der Waals surface area contributed by atoms with Gasteiger partial charge < -0.3 is 9.84 Å². The summed E-state index contributed by atoms with van der Waals surface area (Å²) in [6.45, 7) is 7.01. The first-order chi connectivity index (χ1) is 8.45. The Labute approximate surface area is 109 Å². The molecule has 3 heteroatoms. The first kappa shape index (κ1) is 13.3. The van der Waals surface area contributed by atoms with Crippen molar-refractivity contribution in [1.82, 2.24) is 4.98 Å². The van der Waals surface area contributed by atoms with Gasteiger partial charge in [-0.25, -0.2) is 0 Å². The third kappa shape index (κ3) is 2.83. The third-order valence-corrected chi connectivity index (χ3v) is 3.78. The van der Waals surface area contributed by atoms with E-state index in [0.29, 0.717) is 6.61 Å². The monoisotopic (exact) mass is 249 g/mol. The topological polar surface area (TPSA) is 42.4 Å². The van der Waals surface area contributed by atoms with Crippen LogP contribution in [0.5, 0.6) is 5.75 Å². The highest BCUT2D eigenvalue weighted by Crippen LogP contribution is 2.46. The molecule has 3 nitrogen and oxygen atoms in total. The standard InChI is InChI=1S/C15H23NO2/c1-4-18-13-8-12(9-16-10-13)15(17)7-5-6-14(2,3)11-15/h8-10,17H,4-7,11H2,1-3H3. The first-order valence-corrected chi connectivity index (χ1v) is 6.76. The smallest absolute Gasteiger partial charge is 0.137 e. The predicted molar refractivity (Wildman–Crippen MR) is 71.6 cm³/mol. The van der Waals surface area contributed by atoms with Gasteiger partial charge in [-0.15, -0.1) is 0 Å². The van der Waals surface area contributed by atoms with Crippen LogP contribution in [0.1, 0.15) is 52.0 Å². The lowest BCUT2D eigenvalue weighted by Gasteiger charge is -2.41. The number of aliphatic hydroxyl groups is 1. The van der Waals surface area contributed by atoms with Gasteiger partial charge in [0.15, 0.2) is 0 Å². The van der Waals surface area contributed by atoms with Crippen LogP contribution < -0.4 is 4.74 Å². The molecule has 2 rings (SSSR count). The molecule has 1 atom stereocenters. The normalized spacial score (nSPS) is 26.9. The van der Waals surface area contributed by atoms with Gasteiger partial charge in [0.1, 0.15) is 5.75 Å². The zero-order chi connectivity index (χ0) is 13.2. The van der Waals surface area contributed by atoms with Crippen LogP contribution >= 0.6 is 0 Å². The number of aromatic nitrogens is 1. The van der Waals surface area contributed by atoms with Crippen LogP contribution in [0.15, 0.2) is 18.5 Å². The van der Waals surface area contributed by atoms with E-state index in [9.17, 15) is 5.11 Å². The maximum absolute atomic E-state index is 10.9. The minimum absolute atomic E-state index is 0.189. The largest absolute Gasteiger partial charge is 0.492 e. The maximum Gasteiger partial charge on any atom is 0.137 e. The number of hydrogen-bond donors (Lipinski definition) is 1. The number of hydrogen-bond acceptors (Lipinski definition) is 3. The highest BCUT2D eigenvalue weighted by Gasteiger charge is 2.40. The number of rotatable bonds is 3. The molecular weight excluding hydrogens is 226 g/mol. The molecule has 0 aliphatic heterocycles. The van der Waals surface area contributed by atoms with E-state index in [1.165, 1.54) is 6.42 Å². The Hall–Kier alpha value is -1.09. The molecule has 100 valence electrons. The van der Waals surface area contributed by atoms with E-state index in [4.69, 9.17) is 4.74 Å². The number of pyridine rings is 1. The lowest BCUT2D eigenvalue weighted by atomic mass is 9.68. The molecule has 1 saturated carbocycles. The summed E-state index contributed by atoms with van der Waals surface area (Å²) < 4.78 is 5.46. The summed E-state index contributed by atoms with van der Waals surface area (Å²) in [5.41, 5.74) is 0.331. The molecule has 0 bridgehead atoms. The molecule has 0 radical (unpaired) electrons. The molecule has 18 heavy (non-hydrogen) atoms. The molecule has 1 aliphatic rings. The quantitative estimate of drug-likeness (QED) is 0.894. The minimum atomic E-state index is -0.748. The fraction of sp³-hybridized carbons (Fsp3) is 0.667. The average molecular weight is 249 g/mol. The van der Waals surface area contributed by atoms with Crippen molar-refractivity contribution in [3.63, 3.8) is 0 Å². The number of ether oxygens (including phenoxy) is 1. The molecule has 1 aromatic heterocycles. The van der Waals surface area contributed by atoms with Gasteiger partial charge in [-0.05, 0) is 44.1 Å². The average Bonchev–Trinajstić information content (AvgIpc) is 2.28. The van der Waals surface area contributed by atoms with Crippen molar-refractivity contribution in [2.45, 2.75) is 52.1 Å². The van der Waals surface area contributed by atoms with Crippen LogP contribution in [0.3, 0.4) is 0 Å². The summed E-state index contributed by atoms with van der Waals surface area (Å²) in [6, 6.07) is 1.93. The van der Waals surface area contributed by atoms with Crippen molar-refractivity contribution in [3.05, 3.63) is 24.0 Å². The van der Waals surface area contributed by atoms with Crippen LogP contribution in [-0.4, -0.2) is 16.7 Å². The van der Waals surface area contributed by atoms with Gasteiger partial charge >= 0.3 is 0 Å². The molecule has 1 heterocycles. The van der Waals surface area contributed by atoms with E-state index >= 15 is 0 Å². The molecule has 1 N–H and O–H groups in total. The number of nitrogens with zero attached hydrogens (tertiary/aromatic N) is 1. The Morgan fingerprint density at radius 2 is 2.11 bits per heavy atom. The molecule has 1 fully saturated rings. The second-order valence-electron chi connectivity index (χ2n) is 6.07. The Kier molecular flexibility index (Phi) is 3.62. The van der Waals surface area contributed by atoms with Crippen molar-refractivity contribution >= 4 is 0 Å². The molecule has 1 aromatic rings. The zero-order valence-electron chi connectivity index (χ0n) is 11.6. The van der Waals surface area contributed by atoms with Crippen molar-refractivity contribution in [1.29, 1.82) is 0 Å². The van der Waals surface area contributed by atoms with E-state index in [-0.39, 0.29) is 5.41 Å². The Morgan fingerprint density at radius 3 is 2.78 bits per heavy atom. The highest BCUT2D eigenvalue weighted by molar-refractivity contribution is 5.28. The van der Waals surface area contributed by atoms with E-state index in [2.05, 4.69) is 18.8 Å². The van der Waals surface area contributed by atoms with Crippen LogP contribution in [0, 0.1) is 5.41 Å². The van der Waals surface area contributed by atoms with Crippen LogP contribution in [0.25, 0.3) is 0 Å². The predicted octanol–water partition coefficient (Wildman–Crippen LogP) is 3.27. The highest BCUT2D eigenvalue weighted by atomic mass is 16.5. The van der Waals surface area contributed by atoms with Gasteiger partial charge in [-0.1, -0.05) is 13.8 Å². The summed E-state index contributed by atoms with van der Waals surface area (Å²) in [4.78, 5) is 4.19. The third-order valence-electron chi connectivity index (χ3n) is 3.78. The minimum Gasteiger partial charge on any atom is -0.492 e. The van der Waals surface area contributed by atoms with Gasteiger partial charge in [0.25, 0.3) is 0 Å². The van der Waals surface area contributed by atoms with Crippen molar-refractivity contribution in [2.24, 2.45) is 5.41 Å². The van der Waals surface area contributed by atoms with Gasteiger partial charge in [-0.3, -0.25) is 4.98 Å². The van der Waals surface area contributed by atoms with Gasteiger partial charge in [0, 0.05) is 11.8 Å². The fourth-order valence-corrected chi connectivity index (χ4v) is 2.99. The Balaban J connectivity index is 2.26. The summed E-state index contributed by atoms with van der Waals surface area (Å²) in [6.07, 6.45) is 7.30. The second-order valence-corrected chi connectivity index (χ2v) is 6.07. The zero-order valence-corrected chi connectivity index (χ0v) is 11.6.